The number of nitrogens with zero attached hydrogens (tertiary/aromatic N) is 4. The Bertz CT molecular complexity index is 713. The monoisotopic (exact) mass is 351 g/mol. The van der Waals surface area contributed by atoms with Crippen molar-refractivity contribution in [1.82, 2.24) is 25.0 Å². The zero-order valence-electron chi connectivity index (χ0n) is 12.9. The minimum absolute atomic E-state index is 0.201. The second kappa shape index (κ2) is 6.71. The van der Waals surface area contributed by atoms with Crippen LogP contribution in [0.25, 0.3) is 0 Å². The minimum Gasteiger partial charge on any atom is -0.336 e. The van der Waals surface area contributed by atoms with Gasteiger partial charge in [0.05, 0.1) is 5.25 Å². The first kappa shape index (κ1) is 16.0. The number of hydrogen-bond acceptors (Lipinski definition) is 6. The van der Waals surface area contributed by atoms with Crippen molar-refractivity contribution in [3.05, 3.63) is 28.2 Å². The largest absolute Gasteiger partial charge is 0.336 e. The quantitative estimate of drug-likeness (QED) is 0.826. The maximum Gasteiger partial charge on any atom is 0.324 e. The molecule has 0 saturated carbocycles. The molecule has 0 bridgehead atoms. The van der Waals surface area contributed by atoms with E-state index in [0.29, 0.717) is 18.2 Å². The van der Waals surface area contributed by atoms with Crippen molar-refractivity contribution in [2.24, 2.45) is 7.05 Å². The Balaban J connectivity index is 1.67. The van der Waals surface area contributed by atoms with Crippen LogP contribution in [0.4, 0.5) is 4.79 Å². The molecular formula is C14H17N5O2S2. The average Bonchev–Trinajstić information content (AvgIpc) is 3.25. The van der Waals surface area contributed by atoms with Crippen molar-refractivity contribution >= 4 is 35.0 Å². The van der Waals surface area contributed by atoms with Crippen molar-refractivity contribution < 1.29 is 9.59 Å². The summed E-state index contributed by atoms with van der Waals surface area (Å²) in [6, 6.07) is 3.75. The number of hydrogen-bond donors (Lipinski definition) is 1. The van der Waals surface area contributed by atoms with E-state index < -0.39 is 5.25 Å². The summed E-state index contributed by atoms with van der Waals surface area (Å²) in [6.07, 6.45) is 0.721. The first-order valence-electron chi connectivity index (χ1n) is 7.23. The molecule has 1 N–H and O–H groups in total. The summed E-state index contributed by atoms with van der Waals surface area (Å²) in [7, 11) is 1.89. The molecule has 1 aliphatic heterocycles. The van der Waals surface area contributed by atoms with Gasteiger partial charge in [-0.1, -0.05) is 17.8 Å². The minimum atomic E-state index is -0.392. The number of imide groups is 1. The lowest BCUT2D eigenvalue weighted by molar-refractivity contribution is -0.126. The van der Waals surface area contributed by atoms with Crippen molar-refractivity contribution in [3.63, 3.8) is 0 Å². The van der Waals surface area contributed by atoms with Gasteiger partial charge in [0, 0.05) is 31.4 Å². The summed E-state index contributed by atoms with van der Waals surface area (Å²) in [5.41, 5.74) is 0. The maximum absolute atomic E-state index is 12.3. The Hall–Kier alpha value is -1.87. The van der Waals surface area contributed by atoms with Crippen LogP contribution in [0.5, 0.6) is 0 Å². The van der Waals surface area contributed by atoms with Crippen LogP contribution < -0.4 is 5.32 Å². The van der Waals surface area contributed by atoms with Gasteiger partial charge in [-0.25, -0.2) is 4.79 Å². The first-order chi connectivity index (χ1) is 11.1. The smallest absolute Gasteiger partial charge is 0.324 e. The summed E-state index contributed by atoms with van der Waals surface area (Å²) in [4.78, 5) is 26.4. The molecule has 1 saturated heterocycles. The van der Waals surface area contributed by atoms with E-state index in [0.717, 1.165) is 12.2 Å². The van der Waals surface area contributed by atoms with Gasteiger partial charge in [0.15, 0.2) is 5.16 Å². The molecule has 0 unspecified atom stereocenters. The second-order valence-electron chi connectivity index (χ2n) is 5.20. The lowest BCUT2D eigenvalue weighted by Gasteiger charge is -2.16. The normalized spacial score (nSPS) is 15.7. The number of nitrogens with one attached hydrogen (secondary N) is 1. The van der Waals surface area contributed by atoms with Crippen LogP contribution in [0.2, 0.25) is 0 Å². The van der Waals surface area contributed by atoms with E-state index in [2.05, 4.69) is 21.6 Å². The van der Waals surface area contributed by atoms with Gasteiger partial charge in [0.1, 0.15) is 5.82 Å². The highest BCUT2D eigenvalue weighted by molar-refractivity contribution is 8.00. The molecule has 3 amide bonds. The second-order valence-corrected chi connectivity index (χ2v) is 7.54. The van der Waals surface area contributed by atoms with E-state index in [9.17, 15) is 9.59 Å². The van der Waals surface area contributed by atoms with E-state index >= 15 is 0 Å². The van der Waals surface area contributed by atoms with Crippen molar-refractivity contribution in [1.29, 1.82) is 0 Å². The maximum atomic E-state index is 12.3. The lowest BCUT2D eigenvalue weighted by Crippen LogP contribution is -2.39. The molecule has 23 heavy (non-hydrogen) atoms. The number of amides is 3. The predicted molar refractivity (Wildman–Crippen MR) is 88.6 cm³/mol. The molecule has 0 radical (unpaired) electrons. The molecule has 0 spiro atoms. The summed E-state index contributed by atoms with van der Waals surface area (Å²) in [5, 5.41) is 13.3. The predicted octanol–water partition coefficient (Wildman–Crippen LogP) is 1.50. The third kappa shape index (κ3) is 3.40. The molecule has 1 fully saturated rings. The summed E-state index contributed by atoms with van der Waals surface area (Å²) >= 11 is 3.00. The number of thiophene rings is 1. The number of urea groups is 1. The molecule has 2 aromatic heterocycles. The van der Waals surface area contributed by atoms with Gasteiger partial charge in [-0.2, -0.15) is 0 Å². The summed E-state index contributed by atoms with van der Waals surface area (Å²) in [5.74, 6) is 0.654. The Labute approximate surface area is 142 Å². The molecule has 1 atom stereocenters. The highest BCUT2D eigenvalue weighted by Gasteiger charge is 2.31. The van der Waals surface area contributed by atoms with Crippen LogP contribution in [0.3, 0.4) is 0 Å². The van der Waals surface area contributed by atoms with Gasteiger partial charge in [0.25, 0.3) is 0 Å². The molecule has 122 valence electrons. The van der Waals surface area contributed by atoms with Crippen molar-refractivity contribution in [2.75, 3.05) is 13.1 Å². The molecule has 0 aromatic carbocycles. The molecule has 7 nitrogen and oxygen atoms in total. The van der Waals surface area contributed by atoms with Crippen molar-refractivity contribution in [2.45, 2.75) is 23.8 Å². The molecule has 3 rings (SSSR count). The Morgan fingerprint density at radius 2 is 2.35 bits per heavy atom. The average molecular weight is 351 g/mol. The zero-order chi connectivity index (χ0) is 16.4. The van der Waals surface area contributed by atoms with Crippen LogP contribution in [-0.2, 0) is 18.3 Å². The Morgan fingerprint density at radius 3 is 3.00 bits per heavy atom. The lowest BCUT2D eigenvalue weighted by atomic mass is 10.3. The summed E-state index contributed by atoms with van der Waals surface area (Å²) in [6.45, 7) is 2.72. The number of thioether (sulfide) groups is 1. The standard InChI is InChI=1S/C14H17N5O2S2/c1-9(12(20)19-6-5-15-13(19)21)23-14-17-16-11(18(14)2)8-10-4-3-7-22-10/h3-4,7,9H,5-6,8H2,1-2H3,(H,15,21)/t9-/m0/s1. The van der Waals surface area contributed by atoms with Gasteiger partial charge in [0.2, 0.25) is 5.91 Å². The molecule has 2 aromatic rings. The highest BCUT2D eigenvalue weighted by Crippen LogP contribution is 2.24. The van der Waals surface area contributed by atoms with Crippen molar-refractivity contribution in [3.8, 4) is 0 Å². The third-order valence-corrected chi connectivity index (χ3v) is 5.59. The van der Waals surface area contributed by atoms with Crippen LogP contribution >= 0.6 is 23.1 Å². The Morgan fingerprint density at radius 1 is 1.52 bits per heavy atom. The van der Waals surface area contributed by atoms with Crippen LogP contribution in [0.15, 0.2) is 22.7 Å². The molecular weight excluding hydrogens is 334 g/mol. The van der Waals surface area contributed by atoms with Gasteiger partial charge in [-0.05, 0) is 18.4 Å². The zero-order valence-corrected chi connectivity index (χ0v) is 14.5. The number of rotatable bonds is 5. The highest BCUT2D eigenvalue weighted by atomic mass is 32.2. The van der Waals surface area contributed by atoms with E-state index in [4.69, 9.17) is 0 Å². The third-order valence-electron chi connectivity index (χ3n) is 3.59. The van der Waals surface area contributed by atoms with E-state index in [1.807, 2.05) is 23.1 Å². The van der Waals surface area contributed by atoms with E-state index in [1.165, 1.54) is 21.5 Å². The van der Waals surface area contributed by atoms with Crippen LogP contribution in [0, 0.1) is 0 Å². The van der Waals surface area contributed by atoms with E-state index in [1.54, 1.807) is 18.3 Å². The van der Waals surface area contributed by atoms with Crippen LogP contribution in [0.1, 0.15) is 17.6 Å². The molecule has 3 heterocycles. The fourth-order valence-electron chi connectivity index (χ4n) is 2.28. The fraction of sp³-hybridized carbons (Fsp3) is 0.429. The van der Waals surface area contributed by atoms with Gasteiger partial charge >= 0.3 is 6.03 Å². The number of carbonyl (C=O) groups is 2. The van der Waals surface area contributed by atoms with E-state index in [-0.39, 0.29) is 11.9 Å². The van der Waals surface area contributed by atoms with Gasteiger partial charge in [-0.3, -0.25) is 9.69 Å². The summed E-state index contributed by atoms with van der Waals surface area (Å²) < 4.78 is 1.90. The molecule has 9 heteroatoms. The topological polar surface area (TPSA) is 80.1 Å². The Kier molecular flexibility index (Phi) is 4.67. The van der Waals surface area contributed by atoms with Gasteiger partial charge in [-0.15, -0.1) is 21.5 Å². The number of aromatic nitrogens is 3. The molecule has 0 aliphatic carbocycles. The fourth-order valence-corrected chi connectivity index (χ4v) is 3.88. The molecule has 1 aliphatic rings. The van der Waals surface area contributed by atoms with Gasteiger partial charge < -0.3 is 9.88 Å². The van der Waals surface area contributed by atoms with Crippen LogP contribution in [-0.4, -0.2) is 49.9 Å². The number of carbonyl (C=O) groups excluding carboxylic acids is 2. The SMILES string of the molecule is C[C@H](Sc1nnc(Cc2cccs2)n1C)C(=O)N1CCNC1=O. The first-order valence-corrected chi connectivity index (χ1v) is 8.98.